The maximum atomic E-state index is 12.2. The Morgan fingerprint density at radius 3 is 2.33 bits per heavy atom. The normalized spacial score (nSPS) is 11.2. The number of benzene rings is 2. The Morgan fingerprint density at radius 2 is 1.76 bits per heavy atom. The molecule has 2 aromatic carbocycles. The zero-order valence-electron chi connectivity index (χ0n) is 10.9. The van der Waals surface area contributed by atoms with Crippen LogP contribution in [0.2, 0.25) is 5.02 Å². The number of hydrogen-bond donors (Lipinski definition) is 1. The minimum absolute atomic E-state index is 0.0310. The van der Waals surface area contributed by atoms with Crippen LogP contribution in [0.5, 0.6) is 0 Å². The van der Waals surface area contributed by atoms with Gasteiger partial charge in [-0.3, -0.25) is 4.79 Å². The van der Waals surface area contributed by atoms with E-state index in [0.29, 0.717) is 3.57 Å². The van der Waals surface area contributed by atoms with E-state index in [-0.39, 0.29) is 15.5 Å². The van der Waals surface area contributed by atoms with Crippen LogP contribution in [0, 0.1) is 10.5 Å². The molecule has 0 unspecified atom stereocenters. The van der Waals surface area contributed by atoms with Gasteiger partial charge in [-0.25, -0.2) is 13.1 Å². The Kier molecular flexibility index (Phi) is 4.90. The highest BCUT2D eigenvalue weighted by atomic mass is 125. The van der Waals surface area contributed by atoms with Gasteiger partial charge >= 0.3 is 0 Å². The van der Waals surface area contributed by atoms with Crippen molar-refractivity contribution in [2.75, 3.05) is 0 Å². The van der Waals surface area contributed by atoms with E-state index < -0.39 is 15.9 Å². The molecule has 2 rings (SSSR count). The summed E-state index contributed by atoms with van der Waals surface area (Å²) in [7, 11) is -3.92. The van der Waals surface area contributed by atoms with Crippen molar-refractivity contribution in [3.05, 3.63) is 62.2 Å². The van der Waals surface area contributed by atoms with Crippen LogP contribution in [0.4, 0.5) is 0 Å². The minimum atomic E-state index is -3.92. The summed E-state index contributed by atoms with van der Waals surface area (Å²) in [6.07, 6.45) is 0. The van der Waals surface area contributed by atoms with Gasteiger partial charge in [-0.2, -0.15) is 0 Å². The summed E-state index contributed by atoms with van der Waals surface area (Å²) in [4.78, 5) is 12.2. The number of halogens is 2. The van der Waals surface area contributed by atoms with E-state index in [9.17, 15) is 13.2 Å². The molecule has 0 fully saturated rings. The van der Waals surface area contributed by atoms with Crippen molar-refractivity contribution in [3.8, 4) is 0 Å². The molecule has 21 heavy (non-hydrogen) atoms. The van der Waals surface area contributed by atoms with Crippen LogP contribution in [0.25, 0.3) is 0 Å². The summed E-state index contributed by atoms with van der Waals surface area (Å²) in [5.74, 6) is -0.745. The number of carbonyl (C=O) groups excluding carboxylic acids is 1. The molecule has 0 aliphatic heterocycles. The predicted octanol–water partition coefficient (Wildman–Crippen LogP) is 3.37. The molecule has 4 nitrogen and oxygen atoms in total. The lowest BCUT2D eigenvalue weighted by molar-refractivity contribution is 0.0980. The molecule has 0 saturated carbocycles. The lowest BCUT2D eigenvalue weighted by Gasteiger charge is -2.09. The standard InChI is InChI=1S/C14H11ClINO3S/c1-9-5-7-10(8-6-9)21(19,20)17-14(18)13-11(15)3-2-4-12(13)16/h2-8H,1H3,(H,17,18)/i16-2. The zero-order chi connectivity index (χ0) is 15.6. The number of rotatable bonds is 3. The lowest BCUT2D eigenvalue weighted by atomic mass is 10.2. The van der Waals surface area contributed by atoms with E-state index in [4.69, 9.17) is 11.6 Å². The summed E-state index contributed by atoms with van der Waals surface area (Å²) < 4.78 is 27.0. The van der Waals surface area contributed by atoms with E-state index in [1.165, 1.54) is 18.2 Å². The summed E-state index contributed by atoms with van der Waals surface area (Å²) in [5.41, 5.74) is 1.08. The number of amides is 1. The summed E-state index contributed by atoms with van der Waals surface area (Å²) in [5, 5.41) is 0.207. The molecule has 0 aliphatic rings. The number of sulfonamides is 1. The molecule has 0 spiro atoms. The Bertz CT molecular complexity index is 768. The second kappa shape index (κ2) is 6.33. The first-order valence-electron chi connectivity index (χ1n) is 5.89. The quantitative estimate of drug-likeness (QED) is 0.755. The van der Waals surface area contributed by atoms with E-state index in [1.807, 2.05) is 34.2 Å². The van der Waals surface area contributed by atoms with E-state index in [0.717, 1.165) is 5.56 Å². The number of carbonyl (C=O) groups is 1. The van der Waals surface area contributed by atoms with E-state index >= 15 is 0 Å². The molecular formula is C14H11ClINO3S. The van der Waals surface area contributed by atoms with Gasteiger partial charge in [0.05, 0.1) is 15.5 Å². The number of aryl methyl sites for hydroxylation is 1. The van der Waals surface area contributed by atoms with E-state index in [1.54, 1.807) is 24.3 Å². The molecule has 110 valence electrons. The van der Waals surface area contributed by atoms with Crippen LogP contribution in [0.1, 0.15) is 15.9 Å². The first-order valence-corrected chi connectivity index (χ1v) is 8.83. The molecule has 7 heteroatoms. The van der Waals surface area contributed by atoms with Gasteiger partial charge in [0.2, 0.25) is 0 Å². The van der Waals surface area contributed by atoms with Crippen molar-refractivity contribution < 1.29 is 13.2 Å². The van der Waals surface area contributed by atoms with E-state index in [2.05, 4.69) is 0 Å². The Balaban J connectivity index is 2.33. The summed E-state index contributed by atoms with van der Waals surface area (Å²) in [6.45, 7) is 1.85. The van der Waals surface area contributed by atoms with Crippen molar-refractivity contribution in [2.45, 2.75) is 11.8 Å². The molecule has 1 amide bonds. The van der Waals surface area contributed by atoms with Crippen LogP contribution in [-0.4, -0.2) is 14.3 Å². The van der Waals surface area contributed by atoms with Crippen molar-refractivity contribution in [1.82, 2.24) is 4.72 Å². The van der Waals surface area contributed by atoms with Crippen LogP contribution < -0.4 is 4.72 Å². The molecule has 0 aromatic heterocycles. The molecular weight excluding hydrogens is 423 g/mol. The second-order valence-electron chi connectivity index (χ2n) is 4.34. The third kappa shape index (κ3) is 3.75. The third-order valence-corrected chi connectivity index (χ3v) is 5.31. The molecule has 1 N–H and O–H groups in total. The van der Waals surface area contributed by atoms with Crippen molar-refractivity contribution >= 4 is 50.1 Å². The second-order valence-corrected chi connectivity index (χ2v) is 7.60. The molecule has 0 atom stereocenters. The largest absolute Gasteiger partial charge is 0.268 e. The Labute approximate surface area is 141 Å². The average molecular weight is 434 g/mol. The predicted molar refractivity (Wildman–Crippen MR) is 90.0 cm³/mol. The molecule has 0 heterocycles. The maximum Gasteiger partial charge on any atom is 0.267 e. The fourth-order valence-corrected chi connectivity index (χ4v) is 3.79. The average Bonchev–Trinajstić information content (AvgIpc) is 2.38. The minimum Gasteiger partial charge on any atom is -0.268 e. The topological polar surface area (TPSA) is 63.2 Å². The monoisotopic (exact) mass is 433 g/mol. The summed E-state index contributed by atoms with van der Waals surface area (Å²) >= 11 is 7.89. The van der Waals surface area contributed by atoms with Gasteiger partial charge in [-0.05, 0) is 53.8 Å². The maximum absolute atomic E-state index is 12.2. The highest BCUT2D eigenvalue weighted by molar-refractivity contribution is 14.1. The number of nitrogens with one attached hydrogen (secondary N) is 1. The van der Waals surface area contributed by atoms with Gasteiger partial charge < -0.3 is 0 Å². The van der Waals surface area contributed by atoms with Gasteiger partial charge in [0.1, 0.15) is 0 Å². The first kappa shape index (κ1) is 16.3. The first-order chi connectivity index (χ1) is 9.81. The van der Waals surface area contributed by atoms with Crippen molar-refractivity contribution in [3.63, 3.8) is 0 Å². The lowest BCUT2D eigenvalue weighted by Crippen LogP contribution is -2.31. The van der Waals surface area contributed by atoms with Gasteiger partial charge in [-0.1, -0.05) is 35.4 Å². The van der Waals surface area contributed by atoms with Gasteiger partial charge in [0.15, 0.2) is 0 Å². The SMILES string of the molecule is Cc1ccc(S(=O)(=O)NC(=O)c2c(Cl)cccc2[125I])cc1. The molecule has 2 aromatic rings. The Hall–Kier alpha value is -1.12. The fourth-order valence-electron chi connectivity index (χ4n) is 1.66. The van der Waals surface area contributed by atoms with Crippen molar-refractivity contribution in [2.24, 2.45) is 0 Å². The highest BCUT2D eigenvalue weighted by Gasteiger charge is 2.21. The summed E-state index contributed by atoms with van der Waals surface area (Å²) in [6, 6.07) is 11.1. The van der Waals surface area contributed by atoms with Gasteiger partial charge in [0.25, 0.3) is 15.9 Å². The zero-order valence-corrected chi connectivity index (χ0v) is 14.7. The highest BCUT2D eigenvalue weighted by Crippen LogP contribution is 2.22. The van der Waals surface area contributed by atoms with Crippen LogP contribution in [0.3, 0.4) is 0 Å². The molecule has 0 bridgehead atoms. The Morgan fingerprint density at radius 1 is 1.14 bits per heavy atom. The third-order valence-electron chi connectivity index (χ3n) is 2.75. The van der Waals surface area contributed by atoms with Crippen LogP contribution in [-0.2, 0) is 10.0 Å². The van der Waals surface area contributed by atoms with Crippen LogP contribution >= 0.6 is 34.2 Å². The van der Waals surface area contributed by atoms with Crippen molar-refractivity contribution in [1.29, 1.82) is 0 Å². The molecule has 0 aliphatic carbocycles. The number of hydrogen-bond acceptors (Lipinski definition) is 3. The fraction of sp³-hybridized carbons (Fsp3) is 0.0714. The van der Waals surface area contributed by atoms with Crippen LogP contribution in [0.15, 0.2) is 47.4 Å². The molecule has 0 saturated heterocycles. The van der Waals surface area contributed by atoms with Gasteiger partial charge in [0, 0.05) is 3.57 Å². The smallest absolute Gasteiger partial charge is 0.267 e. The molecule has 0 radical (unpaired) electrons. The van der Waals surface area contributed by atoms with Gasteiger partial charge in [-0.15, -0.1) is 0 Å².